The van der Waals surface area contributed by atoms with Crippen molar-refractivity contribution >= 4 is 5.97 Å². The highest BCUT2D eigenvalue weighted by molar-refractivity contribution is 5.74. The van der Waals surface area contributed by atoms with Gasteiger partial charge in [-0.3, -0.25) is 4.79 Å². The van der Waals surface area contributed by atoms with Crippen LogP contribution in [0.2, 0.25) is 0 Å². The van der Waals surface area contributed by atoms with Crippen LogP contribution in [0.5, 0.6) is 0 Å². The van der Waals surface area contributed by atoms with Gasteiger partial charge in [-0.15, -0.1) is 0 Å². The van der Waals surface area contributed by atoms with E-state index in [2.05, 4.69) is 13.8 Å². The Bertz CT molecular complexity index is 799. The van der Waals surface area contributed by atoms with Crippen molar-refractivity contribution in [2.45, 2.75) is 110 Å². The molecule has 0 bridgehead atoms. The molecule has 0 aromatic rings. The van der Waals surface area contributed by atoms with Gasteiger partial charge in [-0.1, -0.05) is 27.7 Å². The van der Waals surface area contributed by atoms with E-state index in [0.29, 0.717) is 18.9 Å². The average Bonchev–Trinajstić information content (AvgIpc) is 3.09. The Hall–Kier alpha value is -0.760. The zero-order valence-electron chi connectivity index (χ0n) is 22.3. The number of carbonyl (C=O) groups is 1. The summed E-state index contributed by atoms with van der Waals surface area (Å²) in [6.07, 6.45) is 0.490. The molecule has 4 aliphatic rings. The number of cyclic esters (lactones) is 1. The van der Waals surface area contributed by atoms with E-state index in [0.717, 1.165) is 25.7 Å². The minimum atomic E-state index is -1.59. The van der Waals surface area contributed by atoms with Gasteiger partial charge < -0.3 is 25.2 Å². The third-order valence-electron chi connectivity index (χ3n) is 11.5. The van der Waals surface area contributed by atoms with Gasteiger partial charge in [-0.2, -0.15) is 0 Å². The van der Waals surface area contributed by atoms with Crippen molar-refractivity contribution in [2.75, 3.05) is 6.61 Å². The predicted octanol–water partition coefficient (Wildman–Crippen LogP) is 3.48. The highest BCUT2D eigenvalue weighted by Crippen LogP contribution is 2.66. The van der Waals surface area contributed by atoms with Gasteiger partial charge in [-0.05, 0) is 92.8 Å². The third-order valence-corrected chi connectivity index (χ3v) is 11.5. The summed E-state index contributed by atoms with van der Waals surface area (Å²) in [5.74, 6) is -0.668. The number of hydrogen-bond acceptors (Lipinski definition) is 6. The molecule has 7 heteroatoms. The highest BCUT2D eigenvalue weighted by atomic mass is 19.1. The Kier molecular flexibility index (Phi) is 7.18. The Balaban J connectivity index is 1.57. The fourth-order valence-corrected chi connectivity index (χ4v) is 8.94. The third kappa shape index (κ3) is 4.36. The van der Waals surface area contributed by atoms with Crippen molar-refractivity contribution in [1.29, 1.82) is 0 Å². The molecule has 0 unspecified atom stereocenters. The van der Waals surface area contributed by atoms with Crippen LogP contribution in [0.4, 0.5) is 4.39 Å². The first-order valence-electron chi connectivity index (χ1n) is 13.7. The van der Waals surface area contributed by atoms with Gasteiger partial charge in [0.25, 0.3) is 0 Å². The first-order chi connectivity index (χ1) is 16.1. The molecule has 4 rings (SSSR count). The van der Waals surface area contributed by atoms with Crippen molar-refractivity contribution in [3.05, 3.63) is 0 Å². The van der Waals surface area contributed by atoms with E-state index in [1.165, 1.54) is 13.8 Å². The SMILES string of the molecule is C[C@H]([C@@H](O)[C@H](O)[C@H](C)C(C)(C)F)[C@H]1CC[C@H]2[C@@H]3COC(=O)[C@H]4C[C@H](O)[C@H](O)C[C@]4(C)[C@H]3CC[C@]12C. The molecule has 3 saturated carbocycles. The largest absolute Gasteiger partial charge is 0.465 e. The smallest absolute Gasteiger partial charge is 0.309 e. The minimum Gasteiger partial charge on any atom is -0.465 e. The number of esters is 1. The first kappa shape index (κ1) is 27.3. The molecular weight excluding hydrogens is 451 g/mol. The summed E-state index contributed by atoms with van der Waals surface area (Å²) >= 11 is 0. The summed E-state index contributed by atoms with van der Waals surface area (Å²) in [7, 11) is 0. The summed E-state index contributed by atoms with van der Waals surface area (Å²) in [4.78, 5) is 13.0. The van der Waals surface area contributed by atoms with Gasteiger partial charge in [0, 0.05) is 5.92 Å². The van der Waals surface area contributed by atoms with Crippen LogP contribution in [0.1, 0.15) is 80.1 Å². The average molecular weight is 499 g/mol. The number of rotatable bonds is 5. The summed E-state index contributed by atoms with van der Waals surface area (Å²) in [5.41, 5.74) is -2.08. The second-order valence-corrected chi connectivity index (χ2v) is 13.6. The van der Waals surface area contributed by atoms with E-state index in [1.54, 1.807) is 6.92 Å². The van der Waals surface area contributed by atoms with Crippen LogP contribution < -0.4 is 0 Å². The van der Waals surface area contributed by atoms with Crippen molar-refractivity contribution in [3.63, 3.8) is 0 Å². The molecule has 202 valence electrons. The molecule has 6 nitrogen and oxygen atoms in total. The van der Waals surface area contributed by atoms with E-state index in [-0.39, 0.29) is 41.5 Å². The topological polar surface area (TPSA) is 107 Å². The fraction of sp³-hybridized carbons (Fsp3) is 0.964. The molecule has 0 radical (unpaired) electrons. The number of carbonyl (C=O) groups excluding carboxylic acids is 1. The molecule has 0 aromatic carbocycles. The van der Waals surface area contributed by atoms with Crippen LogP contribution in [0.25, 0.3) is 0 Å². The molecule has 35 heavy (non-hydrogen) atoms. The fourth-order valence-electron chi connectivity index (χ4n) is 8.94. The quantitative estimate of drug-likeness (QED) is 0.433. The van der Waals surface area contributed by atoms with Crippen LogP contribution in [-0.2, 0) is 9.53 Å². The van der Waals surface area contributed by atoms with Crippen LogP contribution in [0.15, 0.2) is 0 Å². The standard InChI is InChI=1S/C28H47FO6/c1-14(23(32)24(33)15(2)26(3,4)29)17-7-8-18-16-13-35-25(34)20-11-21(30)22(31)12-28(20,6)19(16)9-10-27(17,18)5/h14-24,30-33H,7-13H2,1-6H3/t14-,15-,16-,17+,18-,19-,20+,21-,22+,23+,24+,27+,28+/m0/s1. The van der Waals surface area contributed by atoms with Crippen LogP contribution in [-0.4, -0.2) is 63.1 Å². The maximum Gasteiger partial charge on any atom is 0.309 e. The summed E-state index contributed by atoms with van der Waals surface area (Å²) < 4.78 is 20.3. The van der Waals surface area contributed by atoms with Crippen LogP contribution in [0, 0.1) is 52.3 Å². The predicted molar refractivity (Wildman–Crippen MR) is 130 cm³/mol. The molecule has 0 amide bonds. The van der Waals surface area contributed by atoms with Crippen molar-refractivity contribution in [1.82, 2.24) is 0 Å². The van der Waals surface area contributed by atoms with Crippen LogP contribution in [0.3, 0.4) is 0 Å². The maximum absolute atomic E-state index is 14.5. The van der Waals surface area contributed by atoms with Crippen molar-refractivity contribution in [2.24, 2.45) is 52.3 Å². The first-order valence-corrected chi connectivity index (χ1v) is 13.7. The zero-order chi connectivity index (χ0) is 26.1. The van der Waals surface area contributed by atoms with E-state index >= 15 is 0 Å². The van der Waals surface area contributed by atoms with Crippen molar-refractivity contribution in [3.8, 4) is 0 Å². The van der Waals surface area contributed by atoms with Gasteiger partial charge in [0.1, 0.15) is 5.67 Å². The van der Waals surface area contributed by atoms with Gasteiger partial charge >= 0.3 is 5.97 Å². The number of halogens is 1. The Morgan fingerprint density at radius 3 is 2.26 bits per heavy atom. The molecule has 1 heterocycles. The number of aliphatic hydroxyl groups is 4. The van der Waals surface area contributed by atoms with Gasteiger partial charge in [0.2, 0.25) is 0 Å². The van der Waals surface area contributed by atoms with Gasteiger partial charge in [0.05, 0.1) is 36.9 Å². The number of hydrogen-bond donors (Lipinski definition) is 4. The number of ether oxygens (including phenoxy) is 1. The molecule has 3 aliphatic carbocycles. The molecule has 1 aliphatic heterocycles. The van der Waals surface area contributed by atoms with E-state index in [9.17, 15) is 29.6 Å². The second-order valence-electron chi connectivity index (χ2n) is 13.6. The monoisotopic (exact) mass is 498 g/mol. The van der Waals surface area contributed by atoms with E-state index < -0.39 is 47.3 Å². The Labute approximate surface area is 209 Å². The van der Waals surface area contributed by atoms with E-state index in [4.69, 9.17) is 4.74 Å². The lowest BCUT2D eigenvalue weighted by atomic mass is 9.48. The Morgan fingerprint density at radius 2 is 1.63 bits per heavy atom. The summed E-state index contributed by atoms with van der Waals surface area (Å²) in [6.45, 7) is 11.3. The lowest BCUT2D eigenvalue weighted by Gasteiger charge is -2.56. The second kappa shape index (κ2) is 9.21. The Morgan fingerprint density at radius 1 is 1.00 bits per heavy atom. The molecular formula is C28H47FO6. The maximum atomic E-state index is 14.5. The zero-order valence-corrected chi connectivity index (χ0v) is 22.3. The minimum absolute atomic E-state index is 0.0782. The molecule has 4 fully saturated rings. The molecule has 4 N–H and O–H groups in total. The van der Waals surface area contributed by atoms with Crippen molar-refractivity contribution < 1.29 is 34.3 Å². The molecule has 0 spiro atoms. The number of aliphatic hydroxyl groups excluding tert-OH is 4. The van der Waals surface area contributed by atoms with Gasteiger partial charge in [-0.25, -0.2) is 4.39 Å². The lowest BCUT2D eigenvalue weighted by molar-refractivity contribution is -0.162. The summed E-state index contributed by atoms with van der Waals surface area (Å²) in [6, 6.07) is 0. The summed E-state index contributed by atoms with van der Waals surface area (Å²) in [5, 5.41) is 42.7. The molecule has 1 saturated heterocycles. The lowest BCUT2D eigenvalue weighted by Crippen LogP contribution is -2.55. The molecule has 13 atom stereocenters. The number of fused-ring (bicyclic) bond motifs is 5. The highest BCUT2D eigenvalue weighted by Gasteiger charge is 2.63. The molecule has 0 aromatic heterocycles. The van der Waals surface area contributed by atoms with Gasteiger partial charge in [0.15, 0.2) is 0 Å². The normalized spacial score (nSPS) is 47.4. The van der Waals surface area contributed by atoms with E-state index in [1.807, 2.05) is 6.92 Å². The number of alkyl halides is 1. The van der Waals surface area contributed by atoms with Crippen LogP contribution >= 0.6 is 0 Å².